The molecule has 0 radical (unpaired) electrons. The van der Waals surface area contributed by atoms with Crippen molar-refractivity contribution in [3.63, 3.8) is 0 Å². The summed E-state index contributed by atoms with van der Waals surface area (Å²) in [5.41, 5.74) is 5.58. The molecule has 1 saturated heterocycles. The Labute approximate surface area is 236 Å². The van der Waals surface area contributed by atoms with E-state index in [4.69, 9.17) is 9.40 Å². The summed E-state index contributed by atoms with van der Waals surface area (Å²) in [7, 11) is 2.06. The standard InChI is InChI=1S/C31H29N5O3S/c1-33-25-9-3-2-8-24(25)32-29(33)21-6-4-7-23(18-21)36-12-11-27-22(20-36)19-28(40-27)31(38)35-15-13-34(14-16-35)30(37)26-10-5-17-39-26/h2-10,17-19H,11-16,20H2,1H3. The molecule has 5 heterocycles. The van der Waals surface area contributed by atoms with Crippen LogP contribution in [0, 0.1) is 0 Å². The zero-order valence-corrected chi connectivity index (χ0v) is 23.1. The van der Waals surface area contributed by atoms with Gasteiger partial charge in [-0.3, -0.25) is 9.59 Å². The van der Waals surface area contributed by atoms with Crippen LogP contribution in [0.4, 0.5) is 5.69 Å². The largest absolute Gasteiger partial charge is 0.459 e. The molecule has 202 valence electrons. The smallest absolute Gasteiger partial charge is 0.289 e. The predicted octanol–water partition coefficient (Wildman–Crippen LogP) is 5.06. The number of aromatic nitrogens is 2. The molecular weight excluding hydrogens is 522 g/mol. The lowest BCUT2D eigenvalue weighted by atomic mass is 10.1. The summed E-state index contributed by atoms with van der Waals surface area (Å²) in [5, 5.41) is 0. The van der Waals surface area contributed by atoms with Crippen molar-refractivity contribution in [3.05, 3.63) is 94.1 Å². The third-order valence-electron chi connectivity index (χ3n) is 7.92. The molecule has 1 fully saturated rings. The minimum atomic E-state index is -0.121. The Morgan fingerprint density at radius 2 is 1.68 bits per heavy atom. The molecule has 0 bridgehead atoms. The molecule has 2 amide bonds. The molecule has 7 rings (SSSR count). The molecule has 8 nitrogen and oxygen atoms in total. The highest BCUT2D eigenvalue weighted by molar-refractivity contribution is 7.14. The lowest BCUT2D eigenvalue weighted by molar-refractivity contribution is 0.0520. The van der Waals surface area contributed by atoms with E-state index in [0.29, 0.717) is 31.9 Å². The van der Waals surface area contributed by atoms with E-state index in [0.717, 1.165) is 52.5 Å². The molecule has 0 N–H and O–H groups in total. The van der Waals surface area contributed by atoms with Gasteiger partial charge in [-0.25, -0.2) is 4.98 Å². The van der Waals surface area contributed by atoms with Gasteiger partial charge < -0.3 is 23.7 Å². The summed E-state index contributed by atoms with van der Waals surface area (Å²) in [5.74, 6) is 1.23. The molecule has 0 saturated carbocycles. The third kappa shape index (κ3) is 4.36. The number of carbonyl (C=O) groups excluding carboxylic acids is 2. The van der Waals surface area contributed by atoms with Crippen LogP contribution >= 0.6 is 11.3 Å². The number of anilines is 1. The number of imidazole rings is 1. The Bertz CT molecular complexity index is 1710. The zero-order valence-electron chi connectivity index (χ0n) is 22.2. The normalized spacial score (nSPS) is 15.5. The number of rotatable bonds is 4. The Morgan fingerprint density at radius 1 is 0.875 bits per heavy atom. The number of nitrogens with zero attached hydrogens (tertiary/aromatic N) is 5. The Kier molecular flexibility index (Phi) is 6.15. The van der Waals surface area contributed by atoms with Gasteiger partial charge in [0.1, 0.15) is 5.82 Å². The molecule has 2 aromatic carbocycles. The number of carbonyl (C=O) groups is 2. The number of hydrogen-bond donors (Lipinski definition) is 0. The van der Waals surface area contributed by atoms with E-state index >= 15 is 0 Å². The first kappa shape index (κ1) is 24.7. The maximum atomic E-state index is 13.4. The van der Waals surface area contributed by atoms with E-state index in [1.54, 1.807) is 28.4 Å². The van der Waals surface area contributed by atoms with Crippen LogP contribution in [-0.2, 0) is 20.0 Å². The topological polar surface area (TPSA) is 74.8 Å². The molecule has 9 heteroatoms. The molecule has 0 unspecified atom stereocenters. The van der Waals surface area contributed by atoms with Gasteiger partial charge >= 0.3 is 0 Å². The number of hydrogen-bond acceptors (Lipinski definition) is 6. The lowest BCUT2D eigenvalue weighted by Gasteiger charge is -2.34. The summed E-state index contributed by atoms with van der Waals surface area (Å²) >= 11 is 1.62. The Hall–Kier alpha value is -4.37. The fourth-order valence-electron chi connectivity index (χ4n) is 5.73. The van der Waals surface area contributed by atoms with Crippen molar-refractivity contribution >= 4 is 39.9 Å². The van der Waals surface area contributed by atoms with Crippen LogP contribution in [0.3, 0.4) is 0 Å². The van der Waals surface area contributed by atoms with Crippen molar-refractivity contribution in [1.82, 2.24) is 19.4 Å². The van der Waals surface area contributed by atoms with E-state index in [1.807, 2.05) is 23.1 Å². The van der Waals surface area contributed by atoms with Crippen LogP contribution in [0.15, 0.2) is 77.4 Å². The van der Waals surface area contributed by atoms with Crippen LogP contribution in [0.25, 0.3) is 22.4 Å². The van der Waals surface area contributed by atoms with Crippen LogP contribution < -0.4 is 4.90 Å². The molecule has 0 aliphatic carbocycles. The van der Waals surface area contributed by atoms with Gasteiger partial charge in [-0.2, -0.15) is 0 Å². The first-order valence-corrected chi connectivity index (χ1v) is 14.4. The summed E-state index contributed by atoms with van der Waals surface area (Å²) < 4.78 is 7.39. The number of para-hydroxylation sites is 2. The van der Waals surface area contributed by atoms with Gasteiger partial charge in [0.15, 0.2) is 5.76 Å². The first-order chi connectivity index (χ1) is 19.5. The molecule has 40 heavy (non-hydrogen) atoms. The Balaban J connectivity index is 1.04. The van der Waals surface area contributed by atoms with Crippen LogP contribution in [0.5, 0.6) is 0 Å². The number of thiophene rings is 1. The quantitative estimate of drug-likeness (QED) is 0.312. The number of piperazine rings is 1. The maximum Gasteiger partial charge on any atom is 0.289 e. The summed E-state index contributed by atoms with van der Waals surface area (Å²) in [4.78, 5) is 38.9. The molecule has 0 atom stereocenters. The van der Waals surface area contributed by atoms with Gasteiger partial charge in [0, 0.05) is 62.4 Å². The number of fused-ring (bicyclic) bond motifs is 2. The minimum Gasteiger partial charge on any atom is -0.459 e. The number of aryl methyl sites for hydroxylation is 1. The summed E-state index contributed by atoms with van der Waals surface area (Å²) in [6.45, 7) is 3.74. The van der Waals surface area contributed by atoms with Crippen molar-refractivity contribution < 1.29 is 14.0 Å². The van der Waals surface area contributed by atoms with E-state index in [-0.39, 0.29) is 11.8 Å². The highest BCUT2D eigenvalue weighted by Crippen LogP contribution is 2.33. The van der Waals surface area contributed by atoms with E-state index in [1.165, 1.54) is 16.7 Å². The molecule has 0 spiro atoms. The third-order valence-corrected chi connectivity index (χ3v) is 9.15. The molecule has 2 aliphatic heterocycles. The monoisotopic (exact) mass is 551 g/mol. The van der Waals surface area contributed by atoms with E-state index in [9.17, 15) is 9.59 Å². The van der Waals surface area contributed by atoms with Gasteiger partial charge in [0.05, 0.1) is 22.2 Å². The highest BCUT2D eigenvalue weighted by atomic mass is 32.1. The van der Waals surface area contributed by atoms with Gasteiger partial charge in [-0.15, -0.1) is 11.3 Å². The van der Waals surface area contributed by atoms with Gasteiger partial charge in [-0.05, 0) is 54.4 Å². The Morgan fingerprint density at radius 3 is 2.45 bits per heavy atom. The fourth-order valence-corrected chi connectivity index (χ4v) is 6.86. The average molecular weight is 552 g/mol. The second kappa shape index (κ2) is 9.98. The van der Waals surface area contributed by atoms with Gasteiger partial charge in [0.25, 0.3) is 11.8 Å². The van der Waals surface area contributed by atoms with Crippen LogP contribution in [0.2, 0.25) is 0 Å². The van der Waals surface area contributed by atoms with Crippen molar-refractivity contribution in [2.45, 2.75) is 13.0 Å². The van der Waals surface area contributed by atoms with Crippen molar-refractivity contribution in [2.75, 3.05) is 37.6 Å². The maximum absolute atomic E-state index is 13.4. The number of amides is 2. The first-order valence-electron chi connectivity index (χ1n) is 13.6. The van der Waals surface area contributed by atoms with Gasteiger partial charge in [0.2, 0.25) is 0 Å². The number of benzene rings is 2. The lowest BCUT2D eigenvalue weighted by Crippen LogP contribution is -2.50. The van der Waals surface area contributed by atoms with Crippen LogP contribution in [0.1, 0.15) is 30.7 Å². The average Bonchev–Trinajstić information content (AvgIpc) is 3.76. The molecule has 5 aromatic rings. The molecular formula is C31H29N5O3S. The summed E-state index contributed by atoms with van der Waals surface area (Å²) in [6.07, 6.45) is 2.42. The SMILES string of the molecule is Cn1c(-c2cccc(N3CCc4sc(C(=O)N5CCN(C(=O)c6ccco6)CC5)cc4C3)c2)nc2ccccc21. The highest BCUT2D eigenvalue weighted by Gasteiger charge is 2.29. The predicted molar refractivity (Wildman–Crippen MR) is 156 cm³/mol. The zero-order chi connectivity index (χ0) is 27.2. The molecule has 2 aliphatic rings. The second-order valence-electron chi connectivity index (χ2n) is 10.3. The fraction of sp³-hybridized carbons (Fsp3) is 0.258. The summed E-state index contributed by atoms with van der Waals surface area (Å²) in [6, 6.07) is 22.2. The molecule has 3 aromatic heterocycles. The van der Waals surface area contributed by atoms with Crippen molar-refractivity contribution in [1.29, 1.82) is 0 Å². The number of furan rings is 1. The van der Waals surface area contributed by atoms with E-state index < -0.39 is 0 Å². The van der Waals surface area contributed by atoms with Crippen LogP contribution in [-0.4, -0.2) is 63.9 Å². The van der Waals surface area contributed by atoms with E-state index in [2.05, 4.69) is 52.9 Å². The van der Waals surface area contributed by atoms with Crippen molar-refractivity contribution in [3.8, 4) is 11.4 Å². The second-order valence-corrected chi connectivity index (χ2v) is 11.5. The van der Waals surface area contributed by atoms with Crippen molar-refractivity contribution in [2.24, 2.45) is 7.05 Å². The minimum absolute atomic E-state index is 0.0555. The van der Waals surface area contributed by atoms with Gasteiger partial charge in [-0.1, -0.05) is 24.3 Å².